The van der Waals surface area contributed by atoms with E-state index >= 15 is 0 Å². The first-order valence-corrected chi connectivity index (χ1v) is 5.20. The Morgan fingerprint density at radius 3 is 2.22 bits per heavy atom. The monoisotopic (exact) mass is 266 g/mol. The van der Waals surface area contributed by atoms with Crippen molar-refractivity contribution in [2.24, 2.45) is 0 Å². The Labute approximate surface area is 102 Å². The molecule has 1 aromatic heterocycles. The number of nitrogens with one attached hydrogen (secondary N) is 1. The number of ether oxygens (including phenoxy) is 2. The molecule has 0 aromatic carbocycles. The van der Waals surface area contributed by atoms with Crippen molar-refractivity contribution in [3.05, 3.63) is 0 Å². The van der Waals surface area contributed by atoms with E-state index in [9.17, 15) is 13.2 Å². The van der Waals surface area contributed by atoms with Gasteiger partial charge >= 0.3 is 18.2 Å². The van der Waals surface area contributed by atoms with Crippen LogP contribution in [0.5, 0.6) is 12.0 Å². The fraction of sp³-hybridized carbons (Fsp3) is 0.667. The number of hydrogen-bond donors (Lipinski definition) is 1. The van der Waals surface area contributed by atoms with Crippen LogP contribution in [-0.2, 0) is 0 Å². The van der Waals surface area contributed by atoms with Crippen LogP contribution in [0.2, 0.25) is 0 Å². The van der Waals surface area contributed by atoms with Gasteiger partial charge in [0.15, 0.2) is 6.61 Å². The van der Waals surface area contributed by atoms with Crippen LogP contribution in [0.15, 0.2) is 0 Å². The Bertz CT molecular complexity index is 387. The SMILES string of the molecule is CCCOc1nc(NC)nc(OCC(F)(F)F)n1. The molecule has 0 saturated carbocycles. The summed E-state index contributed by atoms with van der Waals surface area (Å²) in [4.78, 5) is 11.1. The van der Waals surface area contributed by atoms with E-state index in [-0.39, 0.29) is 12.0 Å². The molecule has 1 N–H and O–H groups in total. The fourth-order valence-electron chi connectivity index (χ4n) is 0.919. The third kappa shape index (κ3) is 5.02. The largest absolute Gasteiger partial charge is 0.463 e. The van der Waals surface area contributed by atoms with Gasteiger partial charge in [-0.05, 0) is 6.42 Å². The van der Waals surface area contributed by atoms with E-state index in [1.165, 1.54) is 7.05 Å². The topological polar surface area (TPSA) is 69.2 Å². The Hall–Kier alpha value is -1.80. The molecule has 0 atom stereocenters. The van der Waals surface area contributed by atoms with Gasteiger partial charge in [-0.3, -0.25) is 0 Å². The molecule has 6 nitrogen and oxygen atoms in total. The number of alkyl halides is 3. The van der Waals surface area contributed by atoms with E-state index in [1.54, 1.807) is 0 Å². The third-order valence-electron chi connectivity index (χ3n) is 1.62. The minimum absolute atomic E-state index is 0.0756. The molecule has 102 valence electrons. The van der Waals surface area contributed by atoms with Crippen molar-refractivity contribution < 1.29 is 22.6 Å². The Balaban J connectivity index is 2.76. The lowest BCUT2D eigenvalue weighted by Crippen LogP contribution is -2.20. The summed E-state index contributed by atoms with van der Waals surface area (Å²) < 4.78 is 45.5. The molecular formula is C9H13F3N4O2. The van der Waals surface area contributed by atoms with Gasteiger partial charge in [0.05, 0.1) is 6.61 Å². The summed E-state index contributed by atoms with van der Waals surface area (Å²) in [5, 5.41) is 2.58. The van der Waals surface area contributed by atoms with Crippen LogP contribution in [0.3, 0.4) is 0 Å². The number of nitrogens with zero attached hydrogens (tertiary/aromatic N) is 3. The zero-order valence-corrected chi connectivity index (χ0v) is 9.91. The van der Waals surface area contributed by atoms with Crippen molar-refractivity contribution in [3.8, 4) is 12.0 Å². The van der Waals surface area contributed by atoms with Gasteiger partial charge in [0.2, 0.25) is 5.95 Å². The molecule has 0 aliphatic rings. The van der Waals surface area contributed by atoms with E-state index in [4.69, 9.17) is 4.74 Å². The predicted molar refractivity (Wildman–Crippen MR) is 56.7 cm³/mol. The number of halogens is 3. The molecule has 1 rings (SSSR count). The molecule has 0 aliphatic carbocycles. The van der Waals surface area contributed by atoms with Crippen molar-refractivity contribution >= 4 is 5.95 Å². The second-order valence-corrected chi connectivity index (χ2v) is 3.23. The van der Waals surface area contributed by atoms with Crippen LogP contribution in [0.1, 0.15) is 13.3 Å². The average molecular weight is 266 g/mol. The summed E-state index contributed by atoms with van der Waals surface area (Å²) in [6, 6.07) is -0.508. The maximum absolute atomic E-state index is 12.0. The van der Waals surface area contributed by atoms with E-state index in [2.05, 4.69) is 25.0 Å². The quantitative estimate of drug-likeness (QED) is 0.844. The molecule has 0 fully saturated rings. The lowest BCUT2D eigenvalue weighted by atomic mass is 10.5. The highest BCUT2D eigenvalue weighted by Crippen LogP contribution is 2.18. The molecule has 0 amide bonds. The van der Waals surface area contributed by atoms with Gasteiger partial charge in [-0.1, -0.05) is 6.92 Å². The van der Waals surface area contributed by atoms with Gasteiger partial charge in [0.1, 0.15) is 0 Å². The van der Waals surface area contributed by atoms with Gasteiger partial charge in [0, 0.05) is 7.05 Å². The van der Waals surface area contributed by atoms with Gasteiger partial charge in [-0.2, -0.15) is 23.1 Å². The summed E-state index contributed by atoms with van der Waals surface area (Å²) in [6.45, 7) is 0.764. The van der Waals surface area contributed by atoms with Crippen molar-refractivity contribution in [1.82, 2.24) is 15.0 Å². The molecule has 0 aliphatic heterocycles. The second kappa shape index (κ2) is 6.22. The summed E-state index contributed by atoms with van der Waals surface area (Å²) >= 11 is 0. The maximum Gasteiger partial charge on any atom is 0.422 e. The lowest BCUT2D eigenvalue weighted by molar-refractivity contribution is -0.154. The number of hydrogen-bond acceptors (Lipinski definition) is 6. The molecule has 9 heteroatoms. The molecular weight excluding hydrogens is 253 g/mol. The average Bonchev–Trinajstić information content (AvgIpc) is 2.32. The Kier molecular flexibility index (Phi) is 4.93. The second-order valence-electron chi connectivity index (χ2n) is 3.23. The number of aromatic nitrogens is 3. The predicted octanol–water partition coefficient (Wildman–Crippen LogP) is 1.64. The van der Waals surface area contributed by atoms with Crippen molar-refractivity contribution in [1.29, 1.82) is 0 Å². The first-order valence-electron chi connectivity index (χ1n) is 5.20. The van der Waals surface area contributed by atoms with Crippen LogP contribution in [0.25, 0.3) is 0 Å². The molecule has 0 spiro atoms. The molecule has 1 heterocycles. The minimum Gasteiger partial charge on any atom is -0.463 e. The van der Waals surface area contributed by atoms with Gasteiger partial charge in [-0.25, -0.2) is 0 Å². The van der Waals surface area contributed by atoms with Crippen LogP contribution < -0.4 is 14.8 Å². The third-order valence-corrected chi connectivity index (χ3v) is 1.62. The fourth-order valence-corrected chi connectivity index (χ4v) is 0.919. The van der Waals surface area contributed by atoms with Crippen LogP contribution >= 0.6 is 0 Å². The smallest absolute Gasteiger partial charge is 0.422 e. The van der Waals surface area contributed by atoms with E-state index in [0.717, 1.165) is 6.42 Å². The highest BCUT2D eigenvalue weighted by Gasteiger charge is 2.29. The summed E-state index contributed by atoms with van der Waals surface area (Å²) in [5.74, 6) is 0.0771. The van der Waals surface area contributed by atoms with Crippen molar-refractivity contribution in [3.63, 3.8) is 0 Å². The normalized spacial score (nSPS) is 11.2. The van der Waals surface area contributed by atoms with E-state index < -0.39 is 18.8 Å². The van der Waals surface area contributed by atoms with E-state index in [0.29, 0.717) is 6.61 Å². The molecule has 1 aromatic rings. The zero-order valence-electron chi connectivity index (χ0n) is 9.91. The van der Waals surface area contributed by atoms with Gasteiger partial charge < -0.3 is 14.8 Å². The Morgan fingerprint density at radius 1 is 1.11 bits per heavy atom. The highest BCUT2D eigenvalue weighted by atomic mass is 19.4. The van der Waals surface area contributed by atoms with Crippen molar-refractivity contribution in [2.45, 2.75) is 19.5 Å². The highest BCUT2D eigenvalue weighted by molar-refractivity contribution is 5.26. The first-order chi connectivity index (χ1) is 8.44. The lowest BCUT2D eigenvalue weighted by Gasteiger charge is -2.09. The molecule has 0 bridgehead atoms. The summed E-state index contributed by atoms with van der Waals surface area (Å²) in [5.41, 5.74) is 0. The maximum atomic E-state index is 12.0. The first kappa shape index (κ1) is 14.3. The van der Waals surface area contributed by atoms with Gasteiger partial charge in [0.25, 0.3) is 0 Å². The van der Waals surface area contributed by atoms with Crippen LogP contribution in [-0.4, -0.2) is 41.4 Å². The van der Waals surface area contributed by atoms with Crippen molar-refractivity contribution in [2.75, 3.05) is 25.6 Å². The van der Waals surface area contributed by atoms with E-state index in [1.807, 2.05) is 6.92 Å². The number of anilines is 1. The minimum atomic E-state index is -4.45. The molecule has 0 saturated heterocycles. The summed E-state index contributed by atoms with van der Waals surface area (Å²) in [7, 11) is 1.52. The molecule has 18 heavy (non-hydrogen) atoms. The number of rotatable bonds is 6. The molecule has 0 radical (unpaired) electrons. The molecule has 0 unspecified atom stereocenters. The summed E-state index contributed by atoms with van der Waals surface area (Å²) in [6.07, 6.45) is -3.73. The zero-order chi connectivity index (χ0) is 13.6. The van der Waals surface area contributed by atoms with Crippen LogP contribution in [0.4, 0.5) is 19.1 Å². The Morgan fingerprint density at radius 2 is 1.72 bits per heavy atom. The van der Waals surface area contributed by atoms with Gasteiger partial charge in [-0.15, -0.1) is 4.98 Å². The van der Waals surface area contributed by atoms with Crippen LogP contribution in [0, 0.1) is 0 Å². The standard InChI is InChI=1S/C9H13F3N4O2/c1-3-4-17-7-14-6(13-2)15-8(16-7)18-5-9(10,11)12/h3-5H2,1-2H3,(H,13,14,15,16).